The fourth-order valence-corrected chi connectivity index (χ4v) is 2.62. The summed E-state index contributed by atoms with van der Waals surface area (Å²) < 4.78 is 0. The molecule has 3 rings (SSSR count). The molecule has 1 fully saturated rings. The molecule has 2 aromatic rings. The maximum absolute atomic E-state index is 12.6. The molecule has 0 aromatic heterocycles. The molecule has 0 heterocycles. The van der Waals surface area contributed by atoms with Crippen molar-refractivity contribution in [1.29, 1.82) is 0 Å². The Morgan fingerprint density at radius 3 is 2.58 bits per heavy atom. The van der Waals surface area contributed by atoms with E-state index < -0.39 is 0 Å². The number of Topliss-reactive ketones (excluding diaryl/α,β-unsaturated/α-hetero) is 1. The molecular formula is C19H20N2O3. The molecule has 1 saturated carbocycles. The third kappa shape index (κ3) is 3.93. The molecule has 0 spiro atoms. The van der Waals surface area contributed by atoms with E-state index in [0.29, 0.717) is 17.8 Å². The number of urea groups is 1. The average Bonchev–Trinajstić information content (AvgIpc) is 3.37. The van der Waals surface area contributed by atoms with Gasteiger partial charge in [-0.25, -0.2) is 4.79 Å². The highest BCUT2D eigenvalue weighted by molar-refractivity contribution is 5.96. The van der Waals surface area contributed by atoms with Gasteiger partial charge in [-0.3, -0.25) is 4.79 Å². The predicted molar refractivity (Wildman–Crippen MR) is 92.1 cm³/mol. The van der Waals surface area contributed by atoms with Crippen LogP contribution in [0.3, 0.4) is 0 Å². The summed E-state index contributed by atoms with van der Waals surface area (Å²) in [6.07, 6.45) is 1.97. The van der Waals surface area contributed by atoms with Gasteiger partial charge < -0.3 is 15.3 Å². The van der Waals surface area contributed by atoms with Gasteiger partial charge in [0.1, 0.15) is 5.75 Å². The van der Waals surface area contributed by atoms with Crippen molar-refractivity contribution in [3.05, 3.63) is 59.7 Å². The molecule has 5 nitrogen and oxygen atoms in total. The Hall–Kier alpha value is -2.82. The molecule has 2 aromatic carbocycles. The summed E-state index contributed by atoms with van der Waals surface area (Å²) in [4.78, 5) is 25.9. The number of ketones is 1. The quantitative estimate of drug-likeness (QED) is 0.822. The van der Waals surface area contributed by atoms with Gasteiger partial charge in [-0.15, -0.1) is 0 Å². The molecule has 0 atom stereocenters. The Labute approximate surface area is 140 Å². The van der Waals surface area contributed by atoms with Crippen molar-refractivity contribution >= 4 is 17.5 Å². The second-order valence-corrected chi connectivity index (χ2v) is 6.10. The summed E-state index contributed by atoms with van der Waals surface area (Å²) in [6, 6.07) is 13.9. The van der Waals surface area contributed by atoms with Gasteiger partial charge in [0, 0.05) is 23.8 Å². The second kappa shape index (κ2) is 6.74. The molecule has 0 radical (unpaired) electrons. The fraction of sp³-hybridized carbons (Fsp3) is 0.263. The second-order valence-electron chi connectivity index (χ2n) is 6.10. The summed E-state index contributed by atoms with van der Waals surface area (Å²) in [5.74, 6) is 0.155. The Bertz CT molecular complexity index is 769. The van der Waals surface area contributed by atoms with Crippen molar-refractivity contribution in [2.75, 3.05) is 5.32 Å². The van der Waals surface area contributed by atoms with Crippen molar-refractivity contribution in [2.45, 2.75) is 32.4 Å². The van der Waals surface area contributed by atoms with E-state index in [-0.39, 0.29) is 23.6 Å². The number of rotatable bonds is 5. The number of amides is 2. The predicted octanol–water partition coefficient (Wildman–Crippen LogP) is 3.79. The van der Waals surface area contributed by atoms with Gasteiger partial charge in [0.15, 0.2) is 5.78 Å². The Morgan fingerprint density at radius 1 is 1.17 bits per heavy atom. The lowest BCUT2D eigenvalue weighted by Gasteiger charge is -2.23. The highest BCUT2D eigenvalue weighted by Gasteiger charge is 2.32. The smallest absolute Gasteiger partial charge is 0.322 e. The first kappa shape index (κ1) is 16.1. The fourth-order valence-electron chi connectivity index (χ4n) is 2.62. The van der Waals surface area contributed by atoms with Crippen molar-refractivity contribution in [2.24, 2.45) is 0 Å². The van der Waals surface area contributed by atoms with Crippen LogP contribution >= 0.6 is 0 Å². The lowest BCUT2D eigenvalue weighted by Crippen LogP contribution is -2.36. The number of aromatic hydroxyl groups is 1. The minimum atomic E-state index is -0.193. The first-order valence-corrected chi connectivity index (χ1v) is 7.99. The molecule has 2 amide bonds. The first-order valence-electron chi connectivity index (χ1n) is 7.99. The highest BCUT2D eigenvalue weighted by atomic mass is 16.3. The zero-order valence-electron chi connectivity index (χ0n) is 13.5. The summed E-state index contributed by atoms with van der Waals surface area (Å²) >= 11 is 0. The summed E-state index contributed by atoms with van der Waals surface area (Å²) in [5, 5.41) is 12.5. The maximum Gasteiger partial charge on any atom is 0.322 e. The Balaban J connectivity index is 1.73. The molecule has 0 bridgehead atoms. The molecule has 5 heteroatoms. The number of carbonyl (C=O) groups is 2. The summed E-state index contributed by atoms with van der Waals surface area (Å²) in [7, 11) is 0. The lowest BCUT2D eigenvalue weighted by atomic mass is 10.1. The van der Waals surface area contributed by atoms with Crippen LogP contribution in [-0.2, 0) is 6.54 Å². The van der Waals surface area contributed by atoms with E-state index in [9.17, 15) is 14.7 Å². The van der Waals surface area contributed by atoms with Crippen LogP contribution in [0.15, 0.2) is 48.5 Å². The van der Waals surface area contributed by atoms with Gasteiger partial charge in [0.2, 0.25) is 0 Å². The Morgan fingerprint density at radius 2 is 1.92 bits per heavy atom. The number of carbonyl (C=O) groups excluding carboxylic acids is 2. The third-order valence-electron chi connectivity index (χ3n) is 4.03. The molecule has 0 saturated heterocycles. The normalized spacial score (nSPS) is 13.4. The van der Waals surface area contributed by atoms with Crippen LogP contribution in [-0.4, -0.2) is 27.9 Å². The number of benzene rings is 2. The van der Waals surface area contributed by atoms with Gasteiger partial charge in [0.05, 0.1) is 0 Å². The molecule has 2 N–H and O–H groups in total. The van der Waals surface area contributed by atoms with Crippen LogP contribution in [0, 0.1) is 0 Å². The largest absolute Gasteiger partial charge is 0.508 e. The third-order valence-corrected chi connectivity index (χ3v) is 4.03. The molecule has 124 valence electrons. The van der Waals surface area contributed by atoms with Crippen molar-refractivity contribution in [1.82, 2.24) is 4.90 Å². The van der Waals surface area contributed by atoms with E-state index in [0.717, 1.165) is 18.4 Å². The van der Waals surface area contributed by atoms with Crippen molar-refractivity contribution < 1.29 is 14.7 Å². The zero-order chi connectivity index (χ0) is 17.1. The number of hydrogen-bond donors (Lipinski definition) is 2. The van der Waals surface area contributed by atoms with E-state index in [4.69, 9.17) is 0 Å². The van der Waals surface area contributed by atoms with Crippen LogP contribution < -0.4 is 5.32 Å². The number of hydrogen-bond acceptors (Lipinski definition) is 3. The standard InChI is InChI=1S/C19H20N2O3/c1-13(22)15-5-3-6-16(11-15)20-19(24)21(17-8-9-17)12-14-4-2-7-18(23)10-14/h2-7,10-11,17,23H,8-9,12H2,1H3,(H,20,24). The first-order chi connectivity index (χ1) is 11.5. The van der Waals surface area contributed by atoms with Gasteiger partial charge in [0.25, 0.3) is 0 Å². The van der Waals surface area contributed by atoms with Crippen LogP contribution in [0.4, 0.5) is 10.5 Å². The SMILES string of the molecule is CC(=O)c1cccc(NC(=O)N(Cc2cccc(O)c2)C2CC2)c1. The molecule has 1 aliphatic rings. The monoisotopic (exact) mass is 324 g/mol. The molecular weight excluding hydrogens is 304 g/mol. The number of anilines is 1. The van der Waals surface area contributed by atoms with Gasteiger partial charge >= 0.3 is 6.03 Å². The maximum atomic E-state index is 12.6. The average molecular weight is 324 g/mol. The van der Waals surface area contributed by atoms with Crippen LogP contribution in [0.5, 0.6) is 5.75 Å². The molecule has 0 aliphatic heterocycles. The highest BCUT2D eigenvalue weighted by Crippen LogP contribution is 2.29. The topological polar surface area (TPSA) is 69.6 Å². The van der Waals surface area contributed by atoms with E-state index in [2.05, 4.69) is 5.32 Å². The van der Waals surface area contributed by atoms with Gasteiger partial charge in [-0.05, 0) is 49.6 Å². The van der Waals surface area contributed by atoms with Crippen LogP contribution in [0.1, 0.15) is 35.7 Å². The van der Waals surface area contributed by atoms with E-state index in [1.54, 1.807) is 47.4 Å². The van der Waals surface area contributed by atoms with Crippen LogP contribution in [0.25, 0.3) is 0 Å². The minimum absolute atomic E-state index is 0.0371. The van der Waals surface area contributed by atoms with Crippen molar-refractivity contribution in [3.63, 3.8) is 0 Å². The van der Waals surface area contributed by atoms with E-state index in [1.807, 2.05) is 6.07 Å². The number of nitrogens with zero attached hydrogens (tertiary/aromatic N) is 1. The van der Waals surface area contributed by atoms with E-state index >= 15 is 0 Å². The Kier molecular flexibility index (Phi) is 4.51. The number of nitrogens with one attached hydrogen (secondary N) is 1. The van der Waals surface area contributed by atoms with Gasteiger partial charge in [-0.1, -0.05) is 24.3 Å². The van der Waals surface area contributed by atoms with E-state index in [1.165, 1.54) is 6.92 Å². The summed E-state index contributed by atoms with van der Waals surface area (Å²) in [5.41, 5.74) is 2.06. The summed E-state index contributed by atoms with van der Waals surface area (Å²) in [6.45, 7) is 1.94. The number of phenolic OH excluding ortho intramolecular Hbond substituents is 1. The molecule has 24 heavy (non-hydrogen) atoms. The minimum Gasteiger partial charge on any atom is -0.508 e. The number of phenols is 1. The van der Waals surface area contributed by atoms with Crippen molar-refractivity contribution in [3.8, 4) is 5.75 Å². The molecule has 1 aliphatic carbocycles. The van der Waals surface area contributed by atoms with Gasteiger partial charge in [-0.2, -0.15) is 0 Å². The lowest BCUT2D eigenvalue weighted by molar-refractivity contribution is 0.101. The molecule has 0 unspecified atom stereocenters. The van der Waals surface area contributed by atoms with Crippen LogP contribution in [0.2, 0.25) is 0 Å². The zero-order valence-corrected chi connectivity index (χ0v) is 13.5.